The van der Waals surface area contributed by atoms with Crippen LogP contribution in [0.5, 0.6) is 6.01 Å². The van der Waals surface area contributed by atoms with Crippen LogP contribution in [-0.2, 0) is 0 Å². The number of piperidine rings is 1. The highest BCUT2D eigenvalue weighted by Crippen LogP contribution is 2.23. The second-order valence-corrected chi connectivity index (χ2v) is 5.50. The third kappa shape index (κ3) is 3.47. The molecule has 0 aromatic carbocycles. The van der Waals surface area contributed by atoms with Crippen LogP contribution < -0.4 is 9.64 Å². The molecule has 1 aliphatic heterocycles. The van der Waals surface area contributed by atoms with Gasteiger partial charge in [0, 0.05) is 31.4 Å². The van der Waals surface area contributed by atoms with Gasteiger partial charge in [-0.05, 0) is 25.3 Å². The van der Waals surface area contributed by atoms with Gasteiger partial charge in [-0.25, -0.2) is 24.3 Å². The van der Waals surface area contributed by atoms with Gasteiger partial charge >= 0.3 is 6.01 Å². The first-order valence-electron chi connectivity index (χ1n) is 7.34. The van der Waals surface area contributed by atoms with Crippen molar-refractivity contribution in [2.75, 3.05) is 24.6 Å². The topological polar surface area (TPSA) is 64.0 Å². The lowest BCUT2D eigenvalue weighted by molar-refractivity contribution is 0.213. The van der Waals surface area contributed by atoms with E-state index in [1.54, 1.807) is 12.4 Å². The molecule has 0 saturated carbocycles. The molecular formula is C15H18FN5O. The van der Waals surface area contributed by atoms with Gasteiger partial charge in [0.25, 0.3) is 0 Å². The van der Waals surface area contributed by atoms with E-state index in [1.165, 1.54) is 12.5 Å². The molecule has 1 fully saturated rings. The summed E-state index contributed by atoms with van der Waals surface area (Å²) in [6, 6.07) is 0.385. The molecule has 0 bridgehead atoms. The van der Waals surface area contributed by atoms with Crippen molar-refractivity contribution in [1.29, 1.82) is 0 Å². The van der Waals surface area contributed by atoms with E-state index in [0.29, 0.717) is 30.9 Å². The Labute approximate surface area is 128 Å². The third-order valence-corrected chi connectivity index (χ3v) is 3.67. The quantitative estimate of drug-likeness (QED) is 0.861. The van der Waals surface area contributed by atoms with Crippen molar-refractivity contribution in [3.8, 4) is 6.01 Å². The average Bonchev–Trinajstić information content (AvgIpc) is 2.55. The van der Waals surface area contributed by atoms with Gasteiger partial charge in [-0.15, -0.1) is 0 Å². The minimum atomic E-state index is -0.383. The molecule has 6 nitrogen and oxygen atoms in total. The van der Waals surface area contributed by atoms with E-state index in [2.05, 4.69) is 19.9 Å². The molecule has 0 aliphatic carbocycles. The van der Waals surface area contributed by atoms with Gasteiger partial charge in [-0.1, -0.05) is 0 Å². The van der Waals surface area contributed by atoms with E-state index in [9.17, 15) is 4.39 Å². The molecule has 1 unspecified atom stereocenters. The molecule has 3 heterocycles. The number of hydrogen-bond acceptors (Lipinski definition) is 6. The van der Waals surface area contributed by atoms with Crippen LogP contribution in [0.3, 0.4) is 0 Å². The second-order valence-electron chi connectivity index (χ2n) is 5.50. The summed E-state index contributed by atoms with van der Waals surface area (Å²) >= 11 is 0. The number of ether oxygens (including phenoxy) is 1. The van der Waals surface area contributed by atoms with Gasteiger partial charge in [0.05, 0.1) is 12.8 Å². The molecule has 3 rings (SSSR count). The summed E-state index contributed by atoms with van der Waals surface area (Å²) in [6.45, 7) is 3.95. The smallest absolute Gasteiger partial charge is 0.316 e. The second kappa shape index (κ2) is 6.64. The fourth-order valence-corrected chi connectivity index (χ4v) is 2.58. The van der Waals surface area contributed by atoms with Gasteiger partial charge in [-0.2, -0.15) is 0 Å². The van der Waals surface area contributed by atoms with E-state index in [-0.39, 0.29) is 5.82 Å². The molecule has 0 radical (unpaired) electrons. The van der Waals surface area contributed by atoms with Gasteiger partial charge in [0.15, 0.2) is 11.6 Å². The summed E-state index contributed by atoms with van der Waals surface area (Å²) in [5.74, 6) is 0.283. The molecule has 0 spiro atoms. The Morgan fingerprint density at radius 2 is 2.09 bits per heavy atom. The van der Waals surface area contributed by atoms with Crippen LogP contribution in [0.15, 0.2) is 24.9 Å². The normalized spacial score (nSPS) is 18.3. The Hall–Kier alpha value is -2.31. The van der Waals surface area contributed by atoms with E-state index in [1.807, 2.05) is 11.8 Å². The largest absolute Gasteiger partial charge is 0.463 e. The third-order valence-electron chi connectivity index (χ3n) is 3.67. The number of rotatable bonds is 4. The van der Waals surface area contributed by atoms with E-state index in [0.717, 1.165) is 24.9 Å². The first-order chi connectivity index (χ1) is 10.7. The zero-order valence-corrected chi connectivity index (χ0v) is 12.4. The Balaban J connectivity index is 1.59. The van der Waals surface area contributed by atoms with Crippen molar-refractivity contribution in [3.05, 3.63) is 36.3 Å². The zero-order valence-electron chi connectivity index (χ0n) is 12.4. The van der Waals surface area contributed by atoms with Crippen LogP contribution in [0.25, 0.3) is 0 Å². The summed E-state index contributed by atoms with van der Waals surface area (Å²) in [7, 11) is 0. The average molecular weight is 303 g/mol. The molecule has 1 saturated heterocycles. The van der Waals surface area contributed by atoms with Crippen LogP contribution in [0.4, 0.5) is 10.2 Å². The van der Waals surface area contributed by atoms with E-state index in [4.69, 9.17) is 4.74 Å². The molecule has 2 aromatic heterocycles. The van der Waals surface area contributed by atoms with E-state index < -0.39 is 0 Å². The van der Waals surface area contributed by atoms with Gasteiger partial charge < -0.3 is 9.64 Å². The molecule has 116 valence electrons. The predicted molar refractivity (Wildman–Crippen MR) is 79.2 cm³/mol. The highest BCUT2D eigenvalue weighted by Gasteiger charge is 2.23. The molecule has 7 heteroatoms. The fourth-order valence-electron chi connectivity index (χ4n) is 2.58. The lowest BCUT2D eigenvalue weighted by atomic mass is 9.99. The molecule has 0 N–H and O–H groups in total. The maximum Gasteiger partial charge on any atom is 0.316 e. The number of hydrogen-bond donors (Lipinski definition) is 0. The molecule has 0 amide bonds. The van der Waals surface area contributed by atoms with Crippen LogP contribution in [0, 0.1) is 18.7 Å². The molecule has 2 aromatic rings. The predicted octanol–water partition coefficient (Wildman–Crippen LogP) is 2.01. The van der Waals surface area contributed by atoms with Crippen LogP contribution in [-0.4, -0.2) is 39.6 Å². The first-order valence-corrected chi connectivity index (χ1v) is 7.34. The standard InChI is InChI=1S/C15H18FN5O/c1-11-5-18-15(19-6-11)22-9-12-3-2-4-21(8-12)14-13(16)7-17-10-20-14/h5-7,10,12H,2-4,8-9H2,1H3. The highest BCUT2D eigenvalue weighted by atomic mass is 19.1. The monoisotopic (exact) mass is 303 g/mol. The number of anilines is 1. The molecule has 1 atom stereocenters. The van der Waals surface area contributed by atoms with Gasteiger partial charge in [-0.3, -0.25) is 0 Å². The van der Waals surface area contributed by atoms with Crippen molar-refractivity contribution in [3.63, 3.8) is 0 Å². The van der Waals surface area contributed by atoms with Crippen molar-refractivity contribution < 1.29 is 9.13 Å². The Bertz CT molecular complexity index is 622. The molecular weight excluding hydrogens is 285 g/mol. The minimum absolute atomic E-state index is 0.299. The van der Waals surface area contributed by atoms with Crippen molar-refractivity contribution in [2.24, 2.45) is 5.92 Å². The summed E-state index contributed by atoms with van der Waals surface area (Å²) in [4.78, 5) is 17.9. The summed E-state index contributed by atoms with van der Waals surface area (Å²) in [5.41, 5.74) is 0.996. The van der Waals surface area contributed by atoms with Crippen molar-refractivity contribution >= 4 is 5.82 Å². The SMILES string of the molecule is Cc1cnc(OCC2CCCN(c3ncncc3F)C2)nc1. The molecule has 1 aliphatic rings. The number of aryl methyl sites for hydroxylation is 1. The summed E-state index contributed by atoms with van der Waals surface area (Å²) in [5, 5.41) is 0. The highest BCUT2D eigenvalue weighted by molar-refractivity contribution is 5.38. The minimum Gasteiger partial charge on any atom is -0.463 e. The lowest BCUT2D eigenvalue weighted by Crippen LogP contribution is -2.38. The van der Waals surface area contributed by atoms with Crippen molar-refractivity contribution in [1.82, 2.24) is 19.9 Å². The maximum atomic E-state index is 13.8. The van der Waals surface area contributed by atoms with Gasteiger partial charge in [0.1, 0.15) is 6.33 Å². The van der Waals surface area contributed by atoms with Crippen LogP contribution in [0.1, 0.15) is 18.4 Å². The number of halogens is 1. The van der Waals surface area contributed by atoms with Crippen molar-refractivity contribution in [2.45, 2.75) is 19.8 Å². The summed E-state index contributed by atoms with van der Waals surface area (Å²) < 4.78 is 19.4. The fraction of sp³-hybridized carbons (Fsp3) is 0.467. The zero-order chi connectivity index (χ0) is 15.4. The first kappa shape index (κ1) is 14.6. The number of nitrogens with zero attached hydrogens (tertiary/aromatic N) is 5. The molecule has 22 heavy (non-hydrogen) atoms. The van der Waals surface area contributed by atoms with Crippen LogP contribution >= 0.6 is 0 Å². The maximum absolute atomic E-state index is 13.8. The Morgan fingerprint density at radius 3 is 2.86 bits per heavy atom. The summed E-state index contributed by atoms with van der Waals surface area (Å²) in [6.07, 6.45) is 8.04. The van der Waals surface area contributed by atoms with Gasteiger partial charge in [0.2, 0.25) is 0 Å². The Kier molecular flexibility index (Phi) is 4.41. The Morgan fingerprint density at radius 1 is 1.27 bits per heavy atom. The lowest BCUT2D eigenvalue weighted by Gasteiger charge is -2.33. The number of aromatic nitrogens is 4. The van der Waals surface area contributed by atoms with Crippen LogP contribution in [0.2, 0.25) is 0 Å². The van der Waals surface area contributed by atoms with E-state index >= 15 is 0 Å².